The highest BCUT2D eigenvalue weighted by Gasteiger charge is 2.15. The summed E-state index contributed by atoms with van der Waals surface area (Å²) in [7, 11) is -4.05. The normalized spacial score (nSPS) is 11.9. The Morgan fingerprint density at radius 2 is 1.80 bits per heavy atom. The maximum absolute atomic E-state index is 12.3. The monoisotopic (exact) mass is 358 g/mol. The third-order valence-corrected chi connectivity index (χ3v) is 4.54. The highest BCUT2D eigenvalue weighted by Crippen LogP contribution is 2.35. The molecular weight excluding hydrogens is 344 g/mol. The Morgan fingerprint density at radius 3 is 2.48 bits per heavy atom. The van der Waals surface area contributed by atoms with Gasteiger partial charge in [-0.15, -0.1) is 5.11 Å². The fourth-order valence-corrected chi connectivity index (χ4v) is 3.03. The first-order valence-corrected chi connectivity index (χ1v) is 8.66. The van der Waals surface area contributed by atoms with Crippen LogP contribution < -0.4 is 5.32 Å². The third kappa shape index (κ3) is 3.50. The van der Waals surface area contributed by atoms with Crippen LogP contribution in [0.4, 0.5) is 11.4 Å². The van der Waals surface area contributed by atoms with Crippen molar-refractivity contribution in [1.82, 2.24) is 4.98 Å². The Balaban J connectivity index is 1.91. The number of H-pyrrole nitrogens is 1. The molecule has 1 heterocycles. The van der Waals surface area contributed by atoms with Gasteiger partial charge in [0.05, 0.1) is 10.4 Å². The van der Waals surface area contributed by atoms with Crippen LogP contribution in [-0.2, 0) is 14.8 Å². The summed E-state index contributed by atoms with van der Waals surface area (Å²) in [4.78, 5) is 13.6. The number of aromatic amines is 1. The van der Waals surface area contributed by atoms with Crippen LogP contribution in [0.15, 0.2) is 63.1 Å². The Morgan fingerprint density at radius 1 is 1.12 bits per heavy atom. The topological polar surface area (TPSA) is 124 Å². The zero-order valence-electron chi connectivity index (χ0n) is 13.1. The molecule has 1 aromatic heterocycles. The van der Waals surface area contributed by atoms with E-state index in [-0.39, 0.29) is 22.4 Å². The van der Waals surface area contributed by atoms with Crippen LogP contribution in [0.3, 0.4) is 0 Å². The van der Waals surface area contributed by atoms with E-state index >= 15 is 0 Å². The summed E-state index contributed by atoms with van der Waals surface area (Å²) in [5.74, 6) is -0.522. The fourth-order valence-electron chi connectivity index (χ4n) is 2.27. The number of fused-ring (bicyclic) bond motifs is 1. The van der Waals surface area contributed by atoms with Gasteiger partial charge in [-0.2, -0.15) is 8.42 Å². The van der Waals surface area contributed by atoms with E-state index in [1.807, 2.05) is 0 Å². The molecule has 3 aromatic rings. The highest BCUT2D eigenvalue weighted by atomic mass is 32.2. The fraction of sp³-hybridized carbons (Fsp3) is 0.0625. The first-order chi connectivity index (χ1) is 11.9. The van der Waals surface area contributed by atoms with Gasteiger partial charge in [0.1, 0.15) is 0 Å². The van der Waals surface area contributed by atoms with Gasteiger partial charge in [0.15, 0.2) is 5.69 Å². The minimum Gasteiger partial charge on any atom is -0.493 e. The Hall–Kier alpha value is -3.20. The minimum atomic E-state index is -4.05. The van der Waals surface area contributed by atoms with Gasteiger partial charge < -0.3 is 15.4 Å². The maximum atomic E-state index is 12.3. The van der Waals surface area contributed by atoms with Crippen LogP contribution in [0.2, 0.25) is 0 Å². The molecule has 8 nitrogen and oxygen atoms in total. The first-order valence-electron chi connectivity index (χ1n) is 7.22. The quantitative estimate of drug-likeness (QED) is 0.619. The van der Waals surface area contributed by atoms with Gasteiger partial charge in [-0.05, 0) is 30.3 Å². The smallest absolute Gasteiger partial charge is 0.299 e. The number of carbonyl (C=O) groups is 1. The van der Waals surface area contributed by atoms with Crippen molar-refractivity contribution in [3.63, 3.8) is 0 Å². The number of rotatable bonds is 4. The van der Waals surface area contributed by atoms with E-state index in [0.29, 0.717) is 16.6 Å². The molecule has 0 saturated heterocycles. The standard InChI is InChI=1S/C16H14N4O4S/c1-10(21)17-11-6-8-12(9-7-11)25(23,24)20-19-15-13-4-2-3-5-14(13)18-16(15)22/h2-9,18,22H,1H3,(H,17,21). The number of para-hydroxylation sites is 1. The number of sulfonamides is 1. The maximum Gasteiger partial charge on any atom is 0.299 e. The van der Waals surface area contributed by atoms with Crippen molar-refractivity contribution < 1.29 is 18.3 Å². The number of carbonyl (C=O) groups excluding carboxylic acids is 1. The lowest BCUT2D eigenvalue weighted by molar-refractivity contribution is -0.114. The van der Waals surface area contributed by atoms with E-state index in [0.717, 1.165) is 0 Å². The second kappa shape index (κ2) is 6.36. The van der Waals surface area contributed by atoms with Crippen molar-refractivity contribution in [2.45, 2.75) is 11.8 Å². The predicted molar refractivity (Wildman–Crippen MR) is 92.4 cm³/mol. The summed E-state index contributed by atoms with van der Waals surface area (Å²) in [6, 6.07) is 12.5. The molecule has 2 aromatic carbocycles. The summed E-state index contributed by atoms with van der Waals surface area (Å²) in [5.41, 5.74) is 1.14. The zero-order valence-corrected chi connectivity index (χ0v) is 13.9. The van der Waals surface area contributed by atoms with E-state index < -0.39 is 10.0 Å². The van der Waals surface area contributed by atoms with Crippen molar-refractivity contribution in [1.29, 1.82) is 0 Å². The highest BCUT2D eigenvalue weighted by molar-refractivity contribution is 7.90. The molecule has 0 bridgehead atoms. The molecule has 0 atom stereocenters. The van der Waals surface area contributed by atoms with Crippen LogP contribution in [-0.4, -0.2) is 24.4 Å². The lowest BCUT2D eigenvalue weighted by atomic mass is 10.2. The summed E-state index contributed by atoms with van der Waals surface area (Å²) in [5, 5.41) is 16.7. The molecule has 0 radical (unpaired) electrons. The number of hydrogen-bond donors (Lipinski definition) is 3. The second-order valence-corrected chi connectivity index (χ2v) is 6.81. The lowest BCUT2D eigenvalue weighted by Gasteiger charge is -2.02. The van der Waals surface area contributed by atoms with Crippen molar-refractivity contribution in [2.75, 3.05) is 5.32 Å². The van der Waals surface area contributed by atoms with Gasteiger partial charge in [-0.1, -0.05) is 22.7 Å². The Labute approximate surface area is 143 Å². The van der Waals surface area contributed by atoms with Gasteiger partial charge in [-0.3, -0.25) is 4.79 Å². The van der Waals surface area contributed by atoms with E-state index in [1.165, 1.54) is 31.2 Å². The Bertz CT molecular complexity index is 1070. The van der Waals surface area contributed by atoms with Crippen molar-refractivity contribution in [3.05, 3.63) is 48.5 Å². The predicted octanol–water partition coefficient (Wildman–Crippen LogP) is 3.30. The molecule has 0 spiro atoms. The van der Waals surface area contributed by atoms with Gasteiger partial charge in [0.2, 0.25) is 11.8 Å². The number of nitrogens with zero attached hydrogens (tertiary/aromatic N) is 2. The lowest BCUT2D eigenvalue weighted by Crippen LogP contribution is -2.05. The molecule has 0 aliphatic carbocycles. The van der Waals surface area contributed by atoms with Gasteiger partial charge in [0, 0.05) is 18.0 Å². The minimum absolute atomic E-state index is 0.0500. The van der Waals surface area contributed by atoms with Crippen LogP contribution in [0, 0.1) is 0 Å². The molecule has 0 aliphatic heterocycles. The molecule has 1 amide bonds. The number of aromatic hydroxyl groups is 1. The summed E-state index contributed by atoms with van der Waals surface area (Å²) in [6.07, 6.45) is 0. The van der Waals surface area contributed by atoms with Crippen molar-refractivity contribution in [3.8, 4) is 5.88 Å². The molecular formula is C16H14N4O4S. The SMILES string of the molecule is CC(=O)Nc1ccc(S(=O)(=O)N=Nc2c(O)[nH]c3ccccc23)cc1. The zero-order chi connectivity index (χ0) is 18.0. The van der Waals surface area contributed by atoms with E-state index in [1.54, 1.807) is 24.3 Å². The Kier molecular flexibility index (Phi) is 4.24. The summed E-state index contributed by atoms with van der Waals surface area (Å²) < 4.78 is 27.9. The van der Waals surface area contributed by atoms with Gasteiger partial charge in [-0.25, -0.2) is 0 Å². The van der Waals surface area contributed by atoms with E-state index in [2.05, 4.69) is 19.9 Å². The number of anilines is 1. The van der Waals surface area contributed by atoms with Gasteiger partial charge in [0.25, 0.3) is 10.0 Å². The number of aromatic nitrogens is 1. The average Bonchev–Trinajstić information content (AvgIpc) is 2.88. The molecule has 0 saturated carbocycles. The molecule has 25 heavy (non-hydrogen) atoms. The molecule has 9 heteroatoms. The van der Waals surface area contributed by atoms with E-state index in [4.69, 9.17) is 0 Å². The van der Waals surface area contributed by atoms with Crippen LogP contribution in [0.5, 0.6) is 5.88 Å². The van der Waals surface area contributed by atoms with Crippen LogP contribution in [0.1, 0.15) is 6.92 Å². The number of nitrogens with one attached hydrogen (secondary N) is 2. The molecule has 0 fully saturated rings. The van der Waals surface area contributed by atoms with Gasteiger partial charge >= 0.3 is 0 Å². The van der Waals surface area contributed by atoms with Crippen LogP contribution >= 0.6 is 0 Å². The molecule has 0 unspecified atom stereocenters. The molecule has 0 aliphatic rings. The molecule has 3 rings (SSSR count). The van der Waals surface area contributed by atoms with E-state index in [9.17, 15) is 18.3 Å². The van der Waals surface area contributed by atoms with Crippen molar-refractivity contribution >= 4 is 38.2 Å². The third-order valence-electron chi connectivity index (χ3n) is 3.38. The summed E-state index contributed by atoms with van der Waals surface area (Å²) in [6.45, 7) is 1.35. The second-order valence-electron chi connectivity index (χ2n) is 5.23. The largest absolute Gasteiger partial charge is 0.493 e. The number of benzene rings is 2. The molecule has 128 valence electrons. The number of hydrogen-bond acceptors (Lipinski definition) is 5. The van der Waals surface area contributed by atoms with Crippen LogP contribution in [0.25, 0.3) is 10.9 Å². The first kappa shape index (κ1) is 16.7. The number of amides is 1. The average molecular weight is 358 g/mol. The van der Waals surface area contributed by atoms with Crippen molar-refractivity contribution in [2.24, 2.45) is 9.63 Å². The molecule has 3 N–H and O–H groups in total. The summed E-state index contributed by atoms with van der Waals surface area (Å²) >= 11 is 0.